The van der Waals surface area contributed by atoms with Crippen molar-refractivity contribution in [1.82, 2.24) is 0 Å². The Balaban J connectivity index is 1.54. The van der Waals surface area contributed by atoms with Gasteiger partial charge < -0.3 is 9.84 Å². The van der Waals surface area contributed by atoms with Crippen LogP contribution in [0.4, 0.5) is 5.69 Å². The van der Waals surface area contributed by atoms with Crippen LogP contribution in [0.15, 0.2) is 65.5 Å². The van der Waals surface area contributed by atoms with Gasteiger partial charge in [0.1, 0.15) is 24.3 Å². The molecular weight excluding hydrogens is 485 g/mol. The topological polar surface area (TPSA) is 32.5 Å². The summed E-state index contributed by atoms with van der Waals surface area (Å²) in [5, 5.41) is 9.85. The minimum Gasteiger partial charge on any atom is -0.508 e. The lowest BCUT2D eigenvalue weighted by Crippen LogP contribution is -2.26. The fourth-order valence-corrected chi connectivity index (χ4v) is 5.34. The van der Waals surface area contributed by atoms with Crippen LogP contribution in [-0.2, 0) is 5.41 Å². The van der Waals surface area contributed by atoms with Crippen LogP contribution in [0.2, 0.25) is 0 Å². The van der Waals surface area contributed by atoms with Gasteiger partial charge >= 0.3 is 0 Å². The lowest BCUT2D eigenvalue weighted by atomic mass is 9.81. The molecule has 0 saturated heterocycles. The number of nitrogens with zero attached hydrogens (tertiary/aromatic N) is 1. The predicted molar refractivity (Wildman–Crippen MR) is 130 cm³/mol. The first kappa shape index (κ1) is 19.6. The molecule has 0 unspecified atom stereocenters. The zero-order valence-corrected chi connectivity index (χ0v) is 19.7. The van der Waals surface area contributed by atoms with Crippen molar-refractivity contribution in [1.29, 1.82) is 0 Å². The van der Waals surface area contributed by atoms with E-state index in [1.54, 1.807) is 12.1 Å². The number of hydrogen-bond acceptors (Lipinski definition) is 2. The van der Waals surface area contributed by atoms with E-state index in [1.165, 1.54) is 31.7 Å². The van der Waals surface area contributed by atoms with Gasteiger partial charge in [-0.3, -0.25) is 0 Å². The molecular formula is C26H25INO2+. The monoisotopic (exact) mass is 510 g/mol. The molecule has 0 atom stereocenters. The molecule has 4 heteroatoms. The van der Waals surface area contributed by atoms with Crippen LogP contribution in [0.1, 0.15) is 44.2 Å². The average Bonchev–Trinajstić information content (AvgIpc) is 2.90. The molecule has 5 rings (SSSR count). The van der Waals surface area contributed by atoms with Gasteiger partial charge in [-0.05, 0) is 103 Å². The lowest BCUT2D eigenvalue weighted by molar-refractivity contribution is -0.401. The molecule has 0 fully saturated rings. The molecule has 1 aliphatic carbocycles. The van der Waals surface area contributed by atoms with Crippen LogP contribution in [0.25, 0.3) is 6.08 Å². The van der Waals surface area contributed by atoms with Crippen LogP contribution in [0.3, 0.4) is 0 Å². The van der Waals surface area contributed by atoms with Crippen LogP contribution in [0, 0.1) is 3.57 Å². The second kappa shape index (κ2) is 7.12. The predicted octanol–water partition coefficient (Wildman–Crippen LogP) is 6.47. The number of phenolic OH excluding ortho intramolecular Hbond substituents is 1. The van der Waals surface area contributed by atoms with Crippen LogP contribution < -0.4 is 4.74 Å². The number of rotatable bonds is 2. The highest BCUT2D eigenvalue weighted by molar-refractivity contribution is 14.1. The zero-order chi connectivity index (χ0) is 21.0. The number of ether oxygens (including phenoxy) is 1. The number of phenols is 1. The Kier molecular flexibility index (Phi) is 4.65. The SMILES string of the molecule is C[N+]1=C(C=CC2=C3Oc4cc(O)ccc4C=C3CCC2)C(C)(C)c2cc(I)ccc21. The van der Waals surface area contributed by atoms with E-state index >= 15 is 0 Å². The van der Waals surface area contributed by atoms with E-state index in [4.69, 9.17) is 4.74 Å². The highest BCUT2D eigenvalue weighted by atomic mass is 127. The van der Waals surface area contributed by atoms with Crippen molar-refractivity contribution in [3.8, 4) is 11.5 Å². The number of allylic oxidation sites excluding steroid dienone is 4. The van der Waals surface area contributed by atoms with Crippen molar-refractivity contribution in [2.45, 2.75) is 38.5 Å². The molecule has 0 radical (unpaired) electrons. The van der Waals surface area contributed by atoms with Gasteiger partial charge in [-0.1, -0.05) is 0 Å². The Morgan fingerprint density at radius 3 is 2.77 bits per heavy atom. The Bertz CT molecular complexity index is 1200. The molecule has 2 aromatic carbocycles. The van der Waals surface area contributed by atoms with Gasteiger partial charge in [0.25, 0.3) is 0 Å². The van der Waals surface area contributed by atoms with Crippen molar-refractivity contribution in [3.63, 3.8) is 0 Å². The number of hydrogen-bond donors (Lipinski definition) is 1. The minimum absolute atomic E-state index is 0.0495. The third-order valence-corrected chi connectivity index (χ3v) is 7.12. The number of fused-ring (bicyclic) bond motifs is 3. The Morgan fingerprint density at radius 2 is 1.93 bits per heavy atom. The molecule has 2 aliphatic heterocycles. The first-order valence-corrected chi connectivity index (χ1v) is 11.5. The summed E-state index contributed by atoms with van der Waals surface area (Å²) in [5.74, 6) is 1.92. The highest BCUT2D eigenvalue weighted by Crippen LogP contribution is 2.42. The molecule has 1 N–H and O–H groups in total. The second-order valence-electron chi connectivity index (χ2n) is 8.77. The summed E-state index contributed by atoms with van der Waals surface area (Å²) in [6, 6.07) is 12.0. The van der Waals surface area contributed by atoms with E-state index in [0.29, 0.717) is 0 Å². The van der Waals surface area contributed by atoms with Crippen molar-refractivity contribution < 1.29 is 14.4 Å². The highest BCUT2D eigenvalue weighted by Gasteiger charge is 2.43. The molecule has 3 nitrogen and oxygen atoms in total. The summed E-state index contributed by atoms with van der Waals surface area (Å²) in [4.78, 5) is 0. The third kappa shape index (κ3) is 3.13. The van der Waals surface area contributed by atoms with Crippen LogP contribution in [-0.4, -0.2) is 22.4 Å². The summed E-state index contributed by atoms with van der Waals surface area (Å²) in [7, 11) is 2.15. The molecule has 0 aromatic heterocycles. The van der Waals surface area contributed by atoms with E-state index in [1.807, 2.05) is 6.07 Å². The standard InChI is InChI=1S/C26H24INO2/c1-26(2)21-14-19(27)9-11-22(21)28(3)24(26)12-8-16-5-4-6-18-13-17-7-10-20(29)15-23(17)30-25(16)18/h7-15H,4-6H2,1-3H3/p+1. The van der Waals surface area contributed by atoms with E-state index in [2.05, 4.69) is 84.5 Å². The van der Waals surface area contributed by atoms with Gasteiger partial charge in [0.15, 0.2) is 5.71 Å². The third-order valence-electron chi connectivity index (χ3n) is 6.45. The Hall–Kier alpha value is -2.34. The molecule has 3 aliphatic rings. The fraction of sp³-hybridized carbons (Fsp3) is 0.269. The molecule has 0 amide bonds. The quantitative estimate of drug-likeness (QED) is 0.371. The maximum absolute atomic E-state index is 9.85. The zero-order valence-electron chi connectivity index (χ0n) is 17.5. The minimum atomic E-state index is -0.0495. The first-order valence-electron chi connectivity index (χ1n) is 10.4. The number of benzene rings is 2. The number of aromatic hydroxyl groups is 1. The molecule has 152 valence electrons. The molecule has 30 heavy (non-hydrogen) atoms. The van der Waals surface area contributed by atoms with E-state index in [9.17, 15) is 5.11 Å². The molecule has 0 saturated carbocycles. The van der Waals surface area contributed by atoms with Gasteiger partial charge in [0, 0.05) is 32.9 Å². The maximum Gasteiger partial charge on any atom is 0.209 e. The van der Waals surface area contributed by atoms with Crippen molar-refractivity contribution in [2.24, 2.45) is 0 Å². The fourth-order valence-electron chi connectivity index (χ4n) is 4.85. The summed E-state index contributed by atoms with van der Waals surface area (Å²) in [6.45, 7) is 4.59. The molecule has 2 heterocycles. The van der Waals surface area contributed by atoms with E-state index < -0.39 is 0 Å². The summed E-state index contributed by atoms with van der Waals surface area (Å²) in [5.41, 5.74) is 7.40. The largest absolute Gasteiger partial charge is 0.508 e. The first-order chi connectivity index (χ1) is 14.3. The van der Waals surface area contributed by atoms with Gasteiger partial charge in [-0.15, -0.1) is 0 Å². The Morgan fingerprint density at radius 1 is 1.10 bits per heavy atom. The smallest absolute Gasteiger partial charge is 0.209 e. The maximum atomic E-state index is 9.85. The summed E-state index contributed by atoms with van der Waals surface area (Å²) < 4.78 is 9.85. The summed E-state index contributed by atoms with van der Waals surface area (Å²) >= 11 is 2.39. The molecule has 2 aromatic rings. The molecule has 0 bridgehead atoms. The van der Waals surface area contributed by atoms with Gasteiger partial charge in [0.05, 0.1) is 5.41 Å². The summed E-state index contributed by atoms with van der Waals surface area (Å²) in [6.07, 6.45) is 9.86. The lowest BCUT2D eigenvalue weighted by Gasteiger charge is -2.26. The van der Waals surface area contributed by atoms with Gasteiger partial charge in [-0.2, -0.15) is 4.58 Å². The normalized spacial score (nSPS) is 19.4. The van der Waals surface area contributed by atoms with Crippen molar-refractivity contribution >= 4 is 40.1 Å². The van der Waals surface area contributed by atoms with E-state index in [0.717, 1.165) is 36.3 Å². The molecule has 0 spiro atoms. The average molecular weight is 510 g/mol. The van der Waals surface area contributed by atoms with Gasteiger partial charge in [0.2, 0.25) is 5.69 Å². The number of halogens is 1. The van der Waals surface area contributed by atoms with Crippen molar-refractivity contribution in [3.05, 3.63) is 80.2 Å². The van der Waals surface area contributed by atoms with Gasteiger partial charge in [-0.25, -0.2) is 0 Å². The Labute approximate surface area is 191 Å². The van der Waals surface area contributed by atoms with Crippen LogP contribution in [0.5, 0.6) is 11.5 Å². The second-order valence-corrected chi connectivity index (χ2v) is 10.0. The van der Waals surface area contributed by atoms with E-state index in [-0.39, 0.29) is 11.2 Å². The van der Waals surface area contributed by atoms with Crippen LogP contribution >= 0.6 is 22.6 Å². The van der Waals surface area contributed by atoms with Crippen molar-refractivity contribution in [2.75, 3.05) is 7.05 Å².